The van der Waals surface area contributed by atoms with Crippen LogP contribution in [0.1, 0.15) is 25.0 Å². The van der Waals surface area contributed by atoms with E-state index in [1.165, 1.54) is 110 Å². The molecule has 2 heteroatoms. The highest BCUT2D eigenvalue weighted by Gasteiger charge is 2.36. The Hall–Kier alpha value is -7.68. The van der Waals surface area contributed by atoms with E-state index >= 15 is 0 Å². The zero-order valence-corrected chi connectivity index (χ0v) is 34.0. The quantitative estimate of drug-likeness (QED) is 0.158. The molecular formula is C59H40N2. The summed E-state index contributed by atoms with van der Waals surface area (Å²) in [5, 5.41) is 10.1. The summed E-state index contributed by atoms with van der Waals surface area (Å²) < 4.78 is 4.92. The second-order valence-corrected chi connectivity index (χ2v) is 17.3. The van der Waals surface area contributed by atoms with Crippen molar-refractivity contribution in [2.75, 3.05) is 0 Å². The van der Waals surface area contributed by atoms with Crippen molar-refractivity contribution in [1.29, 1.82) is 0 Å². The van der Waals surface area contributed by atoms with Crippen LogP contribution in [0.15, 0.2) is 206 Å². The molecule has 1 aliphatic rings. The van der Waals surface area contributed by atoms with Crippen LogP contribution < -0.4 is 0 Å². The summed E-state index contributed by atoms with van der Waals surface area (Å²) in [5.41, 5.74) is 17.3. The molecule has 2 aromatic heterocycles. The van der Waals surface area contributed by atoms with Crippen LogP contribution in [-0.2, 0) is 5.41 Å². The van der Waals surface area contributed by atoms with Crippen LogP contribution in [0, 0.1) is 0 Å². The predicted octanol–water partition coefficient (Wildman–Crippen LogP) is 15.8. The molecule has 0 amide bonds. The lowest BCUT2D eigenvalue weighted by molar-refractivity contribution is 0.661. The monoisotopic (exact) mass is 776 g/mol. The van der Waals surface area contributed by atoms with Gasteiger partial charge in [-0.15, -0.1) is 0 Å². The molecule has 0 saturated heterocycles. The Balaban J connectivity index is 1.12. The van der Waals surface area contributed by atoms with E-state index in [0.717, 1.165) is 11.4 Å². The van der Waals surface area contributed by atoms with Crippen molar-refractivity contribution in [2.24, 2.45) is 0 Å². The average Bonchev–Trinajstić information content (AvgIpc) is 3.90. The average molecular weight is 777 g/mol. The van der Waals surface area contributed by atoms with Gasteiger partial charge in [-0.25, -0.2) is 0 Å². The molecule has 0 aliphatic heterocycles. The maximum absolute atomic E-state index is 2.53. The van der Waals surface area contributed by atoms with Crippen molar-refractivity contribution >= 4 is 65.2 Å². The number of hydrogen-bond donors (Lipinski definition) is 0. The smallest absolute Gasteiger partial charge is 0.0544 e. The van der Waals surface area contributed by atoms with E-state index in [1.54, 1.807) is 0 Å². The van der Waals surface area contributed by atoms with Crippen LogP contribution >= 0.6 is 0 Å². The number of nitrogens with zero attached hydrogens (tertiary/aromatic N) is 2. The van der Waals surface area contributed by atoms with E-state index in [-0.39, 0.29) is 5.41 Å². The normalized spacial score (nSPS) is 13.2. The van der Waals surface area contributed by atoms with Gasteiger partial charge in [0, 0.05) is 38.3 Å². The number of hydrogen-bond acceptors (Lipinski definition) is 0. The summed E-state index contributed by atoms with van der Waals surface area (Å²) in [6, 6.07) is 76.8. The molecule has 0 spiro atoms. The molecule has 0 atom stereocenters. The van der Waals surface area contributed by atoms with E-state index in [0.29, 0.717) is 0 Å². The van der Waals surface area contributed by atoms with Crippen molar-refractivity contribution in [3.8, 4) is 44.8 Å². The number of fused-ring (bicyclic) bond motifs is 12. The maximum atomic E-state index is 2.53. The summed E-state index contributed by atoms with van der Waals surface area (Å²) in [7, 11) is 0. The highest BCUT2D eigenvalue weighted by atomic mass is 15.0. The Labute approximate surface area is 354 Å². The fraction of sp³-hybridized carbons (Fsp3) is 0.0508. The Morgan fingerprint density at radius 3 is 1.67 bits per heavy atom. The zero-order valence-electron chi connectivity index (χ0n) is 34.0. The van der Waals surface area contributed by atoms with Crippen LogP contribution in [0.5, 0.6) is 0 Å². The van der Waals surface area contributed by atoms with Gasteiger partial charge in [-0.2, -0.15) is 0 Å². The lowest BCUT2D eigenvalue weighted by Gasteiger charge is -2.22. The largest absolute Gasteiger partial charge is 0.309 e. The third kappa shape index (κ3) is 4.91. The molecule has 12 aromatic rings. The first-order valence-electron chi connectivity index (χ1n) is 21.3. The van der Waals surface area contributed by atoms with Crippen LogP contribution in [-0.4, -0.2) is 9.13 Å². The molecule has 1 aliphatic carbocycles. The van der Waals surface area contributed by atoms with Gasteiger partial charge in [0.05, 0.1) is 22.1 Å². The summed E-state index contributed by atoms with van der Waals surface area (Å²) >= 11 is 0. The summed E-state index contributed by atoms with van der Waals surface area (Å²) in [4.78, 5) is 0. The second kappa shape index (κ2) is 12.7. The Kier molecular flexibility index (Phi) is 7.10. The van der Waals surface area contributed by atoms with Gasteiger partial charge in [0.2, 0.25) is 0 Å². The van der Waals surface area contributed by atoms with E-state index < -0.39 is 0 Å². The minimum Gasteiger partial charge on any atom is -0.309 e. The van der Waals surface area contributed by atoms with Crippen LogP contribution in [0.25, 0.3) is 110 Å². The number of para-hydroxylation sites is 3. The Bertz CT molecular complexity index is 3780. The SMILES string of the molecule is CC1(C)c2ccccc2-c2cc3c4ccccc4n(-c4cc(-c5ccc6c(c5)c5ccccc5n6-c5ccccc5)cc(-c5cc6ccccc6c6ccccc56)c4)c3cc21. The molecule has 2 heterocycles. The molecule has 13 rings (SSSR count). The van der Waals surface area contributed by atoms with Crippen molar-refractivity contribution in [3.63, 3.8) is 0 Å². The lowest BCUT2D eigenvalue weighted by Crippen LogP contribution is -2.15. The fourth-order valence-electron chi connectivity index (χ4n) is 10.8. The van der Waals surface area contributed by atoms with E-state index in [2.05, 4.69) is 229 Å². The molecule has 0 fully saturated rings. The van der Waals surface area contributed by atoms with Crippen LogP contribution in [0.4, 0.5) is 0 Å². The molecule has 0 radical (unpaired) electrons. The van der Waals surface area contributed by atoms with Gasteiger partial charge in [0.1, 0.15) is 0 Å². The van der Waals surface area contributed by atoms with Gasteiger partial charge >= 0.3 is 0 Å². The number of benzene rings is 10. The van der Waals surface area contributed by atoms with Gasteiger partial charge < -0.3 is 9.13 Å². The molecule has 0 N–H and O–H groups in total. The molecule has 0 bridgehead atoms. The topological polar surface area (TPSA) is 9.86 Å². The summed E-state index contributed by atoms with van der Waals surface area (Å²) in [6.07, 6.45) is 0. The molecule has 10 aromatic carbocycles. The molecule has 2 nitrogen and oxygen atoms in total. The summed E-state index contributed by atoms with van der Waals surface area (Å²) in [6.45, 7) is 4.76. The fourth-order valence-corrected chi connectivity index (χ4v) is 10.8. The number of aromatic nitrogens is 2. The van der Waals surface area contributed by atoms with Crippen molar-refractivity contribution < 1.29 is 0 Å². The van der Waals surface area contributed by atoms with Gasteiger partial charge in [-0.1, -0.05) is 147 Å². The zero-order chi connectivity index (χ0) is 40.4. The molecule has 0 unspecified atom stereocenters. The summed E-state index contributed by atoms with van der Waals surface area (Å²) in [5.74, 6) is 0. The van der Waals surface area contributed by atoms with Gasteiger partial charge in [0.15, 0.2) is 0 Å². The van der Waals surface area contributed by atoms with Crippen molar-refractivity contribution in [1.82, 2.24) is 9.13 Å². The molecule has 0 saturated carbocycles. The lowest BCUT2D eigenvalue weighted by atomic mass is 9.82. The second-order valence-electron chi connectivity index (χ2n) is 17.3. The van der Waals surface area contributed by atoms with Crippen molar-refractivity contribution in [2.45, 2.75) is 19.3 Å². The van der Waals surface area contributed by atoms with Gasteiger partial charge in [-0.3, -0.25) is 0 Å². The minimum absolute atomic E-state index is 0.118. The van der Waals surface area contributed by atoms with E-state index in [4.69, 9.17) is 0 Å². The van der Waals surface area contributed by atoms with Crippen LogP contribution in [0.2, 0.25) is 0 Å². The third-order valence-electron chi connectivity index (χ3n) is 13.7. The van der Waals surface area contributed by atoms with E-state index in [9.17, 15) is 0 Å². The van der Waals surface area contributed by atoms with E-state index in [1.807, 2.05) is 0 Å². The minimum atomic E-state index is -0.118. The molecular weight excluding hydrogens is 737 g/mol. The number of rotatable bonds is 4. The van der Waals surface area contributed by atoms with Gasteiger partial charge in [0.25, 0.3) is 0 Å². The highest BCUT2D eigenvalue weighted by Crippen LogP contribution is 2.51. The third-order valence-corrected chi connectivity index (χ3v) is 13.7. The van der Waals surface area contributed by atoms with Gasteiger partial charge in [-0.05, 0) is 139 Å². The molecule has 286 valence electrons. The predicted molar refractivity (Wildman–Crippen MR) is 259 cm³/mol. The first-order chi connectivity index (χ1) is 30.0. The first kappa shape index (κ1) is 34.2. The Morgan fingerprint density at radius 1 is 0.295 bits per heavy atom. The van der Waals surface area contributed by atoms with Crippen molar-refractivity contribution in [3.05, 3.63) is 217 Å². The first-order valence-corrected chi connectivity index (χ1v) is 21.3. The molecule has 61 heavy (non-hydrogen) atoms. The maximum Gasteiger partial charge on any atom is 0.0544 e. The highest BCUT2D eigenvalue weighted by molar-refractivity contribution is 6.15. The Morgan fingerprint density at radius 2 is 0.885 bits per heavy atom. The van der Waals surface area contributed by atoms with Crippen LogP contribution in [0.3, 0.4) is 0 Å². The standard InChI is InChI=1S/C59H40N2/c1-59(2)53-25-13-10-22-46(53)50-35-52-48-24-12-15-27-56(48)61(58(52)36-54(50)59)42-31-39(30-40(32-42)49-34-38-16-6-7-19-43(38)44-20-8-9-21-45(44)49)37-28-29-57-51(33-37)47-23-11-14-26-55(47)60(57)41-17-4-3-5-18-41/h3-36H,1-2H3.